The number of Topliss-reactive ketones (excluding diaryl/α,β-unsaturated/α-hetero) is 1. The minimum absolute atomic E-state index is 0.0627. The summed E-state index contributed by atoms with van der Waals surface area (Å²) in [5.41, 5.74) is 1.34. The Kier molecular flexibility index (Phi) is 5.01. The van der Waals surface area contributed by atoms with Crippen molar-refractivity contribution < 1.29 is 14.7 Å². The van der Waals surface area contributed by atoms with Gasteiger partial charge >= 0.3 is 0 Å². The average molecular weight is 386 g/mol. The largest absolute Gasteiger partial charge is 0.506 e. The van der Waals surface area contributed by atoms with Gasteiger partial charge in [0.05, 0.1) is 10.6 Å². The van der Waals surface area contributed by atoms with E-state index in [1.54, 1.807) is 12.1 Å². The van der Waals surface area contributed by atoms with E-state index in [2.05, 4.69) is 20.6 Å². The van der Waals surface area contributed by atoms with Crippen molar-refractivity contribution in [3.8, 4) is 0 Å². The lowest BCUT2D eigenvalue weighted by Gasteiger charge is -2.21. The molecular formula is C19H22N4O3S. The van der Waals surface area contributed by atoms with E-state index in [0.717, 1.165) is 0 Å². The van der Waals surface area contributed by atoms with E-state index in [4.69, 9.17) is 0 Å². The van der Waals surface area contributed by atoms with E-state index in [1.165, 1.54) is 24.5 Å². The van der Waals surface area contributed by atoms with Gasteiger partial charge in [-0.25, -0.2) is 9.97 Å². The van der Waals surface area contributed by atoms with Crippen LogP contribution in [0.25, 0.3) is 5.76 Å². The Labute approximate surface area is 161 Å². The lowest BCUT2D eigenvalue weighted by molar-refractivity contribution is -0.114. The lowest BCUT2D eigenvalue weighted by atomic mass is 9.93. The molecule has 0 radical (unpaired) electrons. The number of aryl methyl sites for hydroxylation is 1. The second-order valence-corrected chi connectivity index (χ2v) is 8.44. The predicted molar refractivity (Wildman–Crippen MR) is 106 cm³/mol. The number of aliphatic hydroxyl groups is 1. The molecular weight excluding hydrogens is 364 g/mol. The number of pyridine rings is 1. The molecule has 0 saturated heterocycles. The van der Waals surface area contributed by atoms with Gasteiger partial charge in [0.15, 0.2) is 10.9 Å². The normalized spacial score (nSPS) is 13.9. The highest BCUT2D eigenvalue weighted by molar-refractivity contribution is 7.16. The molecule has 1 amide bonds. The van der Waals surface area contributed by atoms with Crippen molar-refractivity contribution in [3.05, 3.63) is 40.0 Å². The van der Waals surface area contributed by atoms with Crippen LogP contribution in [0.2, 0.25) is 0 Å². The summed E-state index contributed by atoms with van der Waals surface area (Å²) in [6.45, 7) is 7.48. The van der Waals surface area contributed by atoms with Gasteiger partial charge in [0.2, 0.25) is 5.91 Å². The fourth-order valence-corrected chi connectivity index (χ4v) is 3.82. The summed E-state index contributed by atoms with van der Waals surface area (Å²) in [6, 6.07) is 3.46. The number of rotatable bonds is 4. The number of amides is 1. The number of hydrogen-bond donors (Lipinski definition) is 3. The number of fused-ring (bicyclic) bond motifs is 1. The predicted octanol–water partition coefficient (Wildman–Crippen LogP) is 3.81. The SMILES string of the molecule is CC(=O)Nc1nc2c(s1)C(O)=C(C(=O)c1ccc(NC(C)(C)C)nc1)CC2. The first kappa shape index (κ1) is 19.0. The van der Waals surface area contributed by atoms with Crippen LogP contribution in [-0.2, 0) is 11.2 Å². The molecule has 0 spiro atoms. The summed E-state index contributed by atoms with van der Waals surface area (Å²) in [5, 5.41) is 16.9. The van der Waals surface area contributed by atoms with Gasteiger partial charge < -0.3 is 15.7 Å². The zero-order valence-electron chi connectivity index (χ0n) is 15.7. The van der Waals surface area contributed by atoms with E-state index in [-0.39, 0.29) is 23.0 Å². The van der Waals surface area contributed by atoms with Crippen LogP contribution >= 0.6 is 11.3 Å². The maximum atomic E-state index is 12.8. The fourth-order valence-electron chi connectivity index (χ4n) is 2.79. The molecule has 142 valence electrons. The molecule has 27 heavy (non-hydrogen) atoms. The van der Waals surface area contributed by atoms with Crippen LogP contribution in [0.1, 0.15) is 55.0 Å². The fraction of sp³-hybridized carbons (Fsp3) is 0.368. The van der Waals surface area contributed by atoms with Crippen molar-refractivity contribution >= 4 is 39.7 Å². The number of ketones is 1. The van der Waals surface area contributed by atoms with Gasteiger partial charge in [-0.2, -0.15) is 0 Å². The molecule has 2 aromatic rings. The van der Waals surface area contributed by atoms with Crippen molar-refractivity contribution in [1.82, 2.24) is 9.97 Å². The van der Waals surface area contributed by atoms with Gasteiger partial charge in [0.1, 0.15) is 11.6 Å². The summed E-state index contributed by atoms with van der Waals surface area (Å²) in [5.74, 6) is 0.149. The highest BCUT2D eigenvalue weighted by Crippen LogP contribution is 2.37. The van der Waals surface area contributed by atoms with Crippen molar-refractivity contribution in [2.24, 2.45) is 0 Å². The Hall–Kier alpha value is -2.74. The van der Waals surface area contributed by atoms with Gasteiger partial charge in [-0.3, -0.25) is 9.59 Å². The number of nitrogens with one attached hydrogen (secondary N) is 2. The molecule has 0 unspecified atom stereocenters. The topological polar surface area (TPSA) is 104 Å². The number of allylic oxidation sites excluding steroid dienone is 1. The monoisotopic (exact) mass is 386 g/mol. The van der Waals surface area contributed by atoms with Crippen LogP contribution in [0.15, 0.2) is 23.9 Å². The number of hydrogen-bond acceptors (Lipinski definition) is 7. The smallest absolute Gasteiger partial charge is 0.223 e. The number of aliphatic hydroxyl groups excluding tert-OH is 1. The standard InChI is InChI=1S/C19H22N4O3S/c1-10(24)21-18-22-13-7-6-12(16(26)17(13)27-18)15(25)11-5-8-14(20-9-11)23-19(2,3)4/h5,8-9,26H,6-7H2,1-4H3,(H,20,23)(H,21,22,24). The minimum atomic E-state index is -0.248. The molecule has 0 bridgehead atoms. The molecule has 0 saturated carbocycles. The second-order valence-electron chi connectivity index (χ2n) is 7.44. The molecule has 0 aliphatic heterocycles. The molecule has 1 aliphatic carbocycles. The molecule has 7 nitrogen and oxygen atoms in total. The van der Waals surface area contributed by atoms with E-state index >= 15 is 0 Å². The number of nitrogens with zero attached hydrogens (tertiary/aromatic N) is 2. The highest BCUT2D eigenvalue weighted by Gasteiger charge is 2.28. The van der Waals surface area contributed by atoms with Crippen LogP contribution < -0.4 is 10.6 Å². The maximum absolute atomic E-state index is 12.8. The Bertz CT molecular complexity index is 923. The van der Waals surface area contributed by atoms with Crippen molar-refractivity contribution in [2.75, 3.05) is 10.6 Å². The third-order valence-electron chi connectivity index (χ3n) is 3.90. The maximum Gasteiger partial charge on any atom is 0.223 e. The van der Waals surface area contributed by atoms with Crippen LogP contribution in [0.5, 0.6) is 0 Å². The average Bonchev–Trinajstić information content (AvgIpc) is 2.96. The highest BCUT2D eigenvalue weighted by atomic mass is 32.1. The Morgan fingerprint density at radius 1 is 1.22 bits per heavy atom. The molecule has 0 fully saturated rings. The zero-order valence-corrected chi connectivity index (χ0v) is 16.5. The Morgan fingerprint density at radius 2 is 1.96 bits per heavy atom. The molecule has 3 rings (SSSR count). The number of carbonyl (C=O) groups is 2. The molecule has 1 aliphatic rings. The summed E-state index contributed by atoms with van der Waals surface area (Å²) >= 11 is 1.17. The van der Waals surface area contributed by atoms with Crippen molar-refractivity contribution in [3.63, 3.8) is 0 Å². The van der Waals surface area contributed by atoms with E-state index in [9.17, 15) is 14.7 Å². The lowest BCUT2D eigenvalue weighted by Crippen LogP contribution is -2.26. The van der Waals surface area contributed by atoms with Gasteiger partial charge in [-0.1, -0.05) is 11.3 Å². The third kappa shape index (κ3) is 4.33. The second kappa shape index (κ2) is 7.11. The van der Waals surface area contributed by atoms with E-state index in [0.29, 0.717) is 45.5 Å². The number of thiazole rings is 1. The number of aromatic nitrogens is 2. The van der Waals surface area contributed by atoms with E-state index < -0.39 is 0 Å². The van der Waals surface area contributed by atoms with Crippen molar-refractivity contribution in [1.29, 1.82) is 0 Å². The van der Waals surface area contributed by atoms with Gasteiger partial charge in [-0.15, -0.1) is 0 Å². The number of carbonyl (C=O) groups excluding carboxylic acids is 2. The third-order valence-corrected chi connectivity index (χ3v) is 4.92. The van der Waals surface area contributed by atoms with Gasteiger partial charge in [0.25, 0.3) is 0 Å². The minimum Gasteiger partial charge on any atom is -0.506 e. The first-order chi connectivity index (χ1) is 12.6. The Balaban J connectivity index is 1.85. The van der Waals surface area contributed by atoms with Gasteiger partial charge in [-0.05, 0) is 45.7 Å². The molecule has 0 aromatic carbocycles. The molecule has 3 N–H and O–H groups in total. The van der Waals surface area contributed by atoms with Crippen molar-refractivity contribution in [2.45, 2.75) is 46.1 Å². The quantitative estimate of drug-likeness (QED) is 0.690. The first-order valence-electron chi connectivity index (χ1n) is 8.63. The zero-order chi connectivity index (χ0) is 19.8. The van der Waals surface area contributed by atoms with Crippen LogP contribution in [0.3, 0.4) is 0 Å². The van der Waals surface area contributed by atoms with Crippen LogP contribution in [0, 0.1) is 0 Å². The van der Waals surface area contributed by atoms with Gasteiger partial charge in [0, 0.05) is 29.8 Å². The first-order valence-corrected chi connectivity index (χ1v) is 9.44. The summed E-state index contributed by atoms with van der Waals surface area (Å²) in [4.78, 5) is 33.2. The molecule has 2 heterocycles. The molecule has 8 heteroatoms. The van der Waals surface area contributed by atoms with Crippen LogP contribution in [0.4, 0.5) is 10.9 Å². The van der Waals surface area contributed by atoms with E-state index in [1.807, 2.05) is 20.8 Å². The summed E-state index contributed by atoms with van der Waals surface area (Å²) < 4.78 is 0. The van der Waals surface area contributed by atoms with Crippen LogP contribution in [-0.4, -0.2) is 32.3 Å². The molecule has 0 atom stereocenters. The number of anilines is 2. The summed E-state index contributed by atoms with van der Waals surface area (Å²) in [7, 11) is 0. The molecule has 2 aromatic heterocycles. The Morgan fingerprint density at radius 3 is 2.56 bits per heavy atom. The summed E-state index contributed by atoms with van der Waals surface area (Å²) in [6.07, 6.45) is 2.44.